The lowest BCUT2D eigenvalue weighted by Gasteiger charge is -2.09. The van der Waals surface area contributed by atoms with Crippen molar-refractivity contribution in [2.75, 3.05) is 16.0 Å². The Kier molecular flexibility index (Phi) is 6.33. The van der Waals surface area contributed by atoms with Gasteiger partial charge in [0.15, 0.2) is 0 Å². The second-order valence-electron chi connectivity index (χ2n) is 6.60. The van der Waals surface area contributed by atoms with Crippen LogP contribution >= 0.6 is 11.6 Å². The number of pyridine rings is 1. The summed E-state index contributed by atoms with van der Waals surface area (Å²) >= 11 is 5.85. The molecule has 0 radical (unpaired) electrons. The summed E-state index contributed by atoms with van der Waals surface area (Å²) in [5.74, 6) is 0.463. The zero-order valence-electron chi connectivity index (χ0n) is 16.8. The van der Waals surface area contributed by atoms with Gasteiger partial charge in [-0.25, -0.2) is 15.0 Å². The average molecular weight is 444 g/mol. The van der Waals surface area contributed by atoms with E-state index in [1.54, 1.807) is 30.5 Å². The van der Waals surface area contributed by atoms with Gasteiger partial charge in [-0.2, -0.15) is 4.98 Å². The maximum Gasteiger partial charge on any atom is 0.247 e. The number of anilines is 5. The van der Waals surface area contributed by atoms with E-state index in [2.05, 4.69) is 42.5 Å². The molecule has 2 heterocycles. The van der Waals surface area contributed by atoms with E-state index in [1.807, 2.05) is 36.4 Å². The van der Waals surface area contributed by atoms with Crippen molar-refractivity contribution in [3.8, 4) is 11.1 Å². The average Bonchev–Trinajstić information content (AvgIpc) is 2.81. The molecule has 3 N–H and O–H groups in total. The van der Waals surface area contributed by atoms with Gasteiger partial charge in [0.2, 0.25) is 17.8 Å². The molecule has 4 aromatic rings. The zero-order valence-corrected chi connectivity index (χ0v) is 17.5. The number of amides is 1. The van der Waals surface area contributed by atoms with Crippen LogP contribution in [0.15, 0.2) is 85.8 Å². The predicted molar refractivity (Wildman–Crippen MR) is 126 cm³/mol. The number of aromatic nitrogens is 4. The Hall–Kier alpha value is -4.30. The Bertz CT molecular complexity index is 1240. The summed E-state index contributed by atoms with van der Waals surface area (Å²) in [5, 5.41) is 9.42. The van der Waals surface area contributed by atoms with Crippen LogP contribution in [0.1, 0.15) is 0 Å². The number of carbonyl (C=O) groups excluding carboxylic acids is 1. The number of hydrogen-bond donors (Lipinski definition) is 3. The van der Waals surface area contributed by atoms with Crippen molar-refractivity contribution in [2.24, 2.45) is 0 Å². The first-order chi connectivity index (χ1) is 15.6. The zero-order chi connectivity index (χ0) is 22.3. The Labute approximate surface area is 189 Å². The first kappa shape index (κ1) is 21.0. The summed E-state index contributed by atoms with van der Waals surface area (Å²) in [6.07, 6.45) is 4.35. The molecule has 1 amide bonds. The number of rotatable bonds is 7. The fourth-order valence-corrected chi connectivity index (χ4v) is 2.95. The topological polar surface area (TPSA) is 105 Å². The lowest BCUT2D eigenvalue weighted by Crippen LogP contribution is -2.07. The van der Waals surface area contributed by atoms with E-state index in [4.69, 9.17) is 11.6 Å². The van der Waals surface area contributed by atoms with Gasteiger partial charge in [0.25, 0.3) is 0 Å². The number of nitrogens with zero attached hydrogens (tertiary/aromatic N) is 4. The number of halogens is 1. The Morgan fingerprint density at radius 2 is 1.53 bits per heavy atom. The molecule has 0 aliphatic carbocycles. The van der Waals surface area contributed by atoms with E-state index in [9.17, 15) is 4.79 Å². The molecule has 0 aliphatic heterocycles. The van der Waals surface area contributed by atoms with E-state index >= 15 is 0 Å². The number of hydrogen-bond acceptors (Lipinski definition) is 7. The lowest BCUT2D eigenvalue weighted by molar-refractivity contribution is -0.111. The van der Waals surface area contributed by atoms with Crippen LogP contribution < -0.4 is 16.0 Å². The summed E-state index contributed by atoms with van der Waals surface area (Å²) in [4.78, 5) is 28.3. The third kappa shape index (κ3) is 5.44. The van der Waals surface area contributed by atoms with E-state index in [0.29, 0.717) is 28.4 Å². The highest BCUT2D eigenvalue weighted by Crippen LogP contribution is 2.23. The fourth-order valence-electron chi connectivity index (χ4n) is 2.84. The highest BCUT2D eigenvalue weighted by molar-refractivity contribution is 6.29. The molecule has 0 bridgehead atoms. The second-order valence-corrected chi connectivity index (χ2v) is 6.99. The molecule has 0 spiro atoms. The summed E-state index contributed by atoms with van der Waals surface area (Å²) in [6.45, 7) is 3.45. The van der Waals surface area contributed by atoms with Gasteiger partial charge in [0.05, 0.1) is 0 Å². The molecular formula is C23H18ClN7O. The standard InChI is InChI=1S/C23H18ClN7O/c1-2-21(32)28-18-4-3-5-19(12-18)30-23-27-14-26-22(31-23)29-17-9-6-15(7-10-17)16-8-11-20(24)25-13-16/h2-14H,1H2,(H,28,32)(H2,26,27,29,30,31). The van der Waals surface area contributed by atoms with Crippen molar-refractivity contribution in [1.82, 2.24) is 19.9 Å². The minimum atomic E-state index is -0.285. The van der Waals surface area contributed by atoms with Gasteiger partial charge in [-0.15, -0.1) is 0 Å². The molecule has 158 valence electrons. The molecule has 0 unspecified atom stereocenters. The number of nitrogens with one attached hydrogen (secondary N) is 3. The first-order valence-electron chi connectivity index (χ1n) is 9.57. The van der Waals surface area contributed by atoms with Crippen LogP contribution in [-0.2, 0) is 4.79 Å². The highest BCUT2D eigenvalue weighted by Gasteiger charge is 2.05. The van der Waals surface area contributed by atoms with Crippen molar-refractivity contribution in [1.29, 1.82) is 0 Å². The van der Waals surface area contributed by atoms with Gasteiger partial charge in [0.1, 0.15) is 11.5 Å². The second kappa shape index (κ2) is 9.67. The molecule has 2 aromatic heterocycles. The van der Waals surface area contributed by atoms with Crippen LogP contribution in [0.4, 0.5) is 29.0 Å². The number of benzene rings is 2. The van der Waals surface area contributed by atoms with E-state index in [0.717, 1.165) is 16.8 Å². The Morgan fingerprint density at radius 1 is 0.844 bits per heavy atom. The molecule has 4 rings (SSSR count). The van der Waals surface area contributed by atoms with Crippen LogP contribution in [0.25, 0.3) is 11.1 Å². The van der Waals surface area contributed by atoms with Crippen LogP contribution in [0.5, 0.6) is 0 Å². The van der Waals surface area contributed by atoms with Gasteiger partial charge < -0.3 is 16.0 Å². The number of carbonyl (C=O) groups is 1. The van der Waals surface area contributed by atoms with Gasteiger partial charge in [-0.1, -0.05) is 36.4 Å². The van der Waals surface area contributed by atoms with Crippen molar-refractivity contribution in [3.63, 3.8) is 0 Å². The molecular weight excluding hydrogens is 426 g/mol. The molecule has 0 aliphatic rings. The molecule has 2 aromatic carbocycles. The molecule has 0 saturated carbocycles. The monoisotopic (exact) mass is 443 g/mol. The maximum atomic E-state index is 11.5. The molecule has 0 saturated heterocycles. The third-order valence-corrected chi connectivity index (χ3v) is 4.57. The van der Waals surface area contributed by atoms with E-state index in [1.165, 1.54) is 12.4 Å². The predicted octanol–water partition coefficient (Wildman–Crippen LogP) is 5.20. The van der Waals surface area contributed by atoms with Crippen LogP contribution in [0, 0.1) is 0 Å². The van der Waals surface area contributed by atoms with Crippen molar-refractivity contribution < 1.29 is 4.79 Å². The summed E-state index contributed by atoms with van der Waals surface area (Å²) in [7, 11) is 0. The maximum absolute atomic E-state index is 11.5. The smallest absolute Gasteiger partial charge is 0.247 e. The van der Waals surface area contributed by atoms with Gasteiger partial charge in [-0.05, 0) is 54.1 Å². The third-order valence-electron chi connectivity index (χ3n) is 4.35. The molecule has 8 nitrogen and oxygen atoms in total. The first-order valence-corrected chi connectivity index (χ1v) is 9.95. The Morgan fingerprint density at radius 3 is 2.22 bits per heavy atom. The van der Waals surface area contributed by atoms with Crippen LogP contribution in [0.3, 0.4) is 0 Å². The quantitative estimate of drug-likeness (QED) is 0.266. The highest BCUT2D eigenvalue weighted by atomic mass is 35.5. The van der Waals surface area contributed by atoms with E-state index < -0.39 is 0 Å². The van der Waals surface area contributed by atoms with Gasteiger partial charge in [-0.3, -0.25) is 4.79 Å². The minimum Gasteiger partial charge on any atom is -0.324 e. The minimum absolute atomic E-state index is 0.285. The van der Waals surface area contributed by atoms with E-state index in [-0.39, 0.29) is 5.91 Å². The molecule has 0 fully saturated rings. The SMILES string of the molecule is C=CC(=O)Nc1cccc(Nc2ncnc(Nc3ccc(-c4ccc(Cl)nc4)cc3)n2)c1. The Balaban J connectivity index is 1.44. The van der Waals surface area contributed by atoms with Crippen LogP contribution in [0.2, 0.25) is 5.15 Å². The molecule has 32 heavy (non-hydrogen) atoms. The lowest BCUT2D eigenvalue weighted by atomic mass is 10.1. The van der Waals surface area contributed by atoms with Crippen molar-refractivity contribution in [2.45, 2.75) is 0 Å². The van der Waals surface area contributed by atoms with Gasteiger partial charge >= 0.3 is 0 Å². The summed E-state index contributed by atoms with van der Waals surface area (Å²) in [5.41, 5.74) is 4.15. The molecule has 0 atom stereocenters. The van der Waals surface area contributed by atoms with Crippen LogP contribution in [-0.4, -0.2) is 25.8 Å². The summed E-state index contributed by atoms with van der Waals surface area (Å²) < 4.78 is 0. The normalized spacial score (nSPS) is 10.3. The van der Waals surface area contributed by atoms with Crippen molar-refractivity contribution >= 4 is 46.5 Å². The molecule has 9 heteroatoms. The summed E-state index contributed by atoms with van der Waals surface area (Å²) in [6, 6.07) is 18.6. The fraction of sp³-hybridized carbons (Fsp3) is 0. The van der Waals surface area contributed by atoms with Gasteiger partial charge in [0, 0.05) is 28.8 Å². The van der Waals surface area contributed by atoms with Crippen molar-refractivity contribution in [3.05, 3.63) is 91.0 Å². The largest absolute Gasteiger partial charge is 0.324 e.